The van der Waals surface area contributed by atoms with Gasteiger partial charge in [-0.15, -0.1) is 0 Å². The summed E-state index contributed by atoms with van der Waals surface area (Å²) in [5, 5.41) is 14.9. The Balaban J connectivity index is 0.664. The summed E-state index contributed by atoms with van der Waals surface area (Å²) in [5.74, 6) is 0.443. The number of nitrogens with zero attached hydrogens (tertiary/aromatic N) is 6. The highest BCUT2D eigenvalue weighted by atomic mass is 19.1. The lowest BCUT2D eigenvalue weighted by Crippen LogP contribution is -2.47. The number of anilines is 1. The number of hydrogen-bond acceptors (Lipinski definition) is 8. The summed E-state index contributed by atoms with van der Waals surface area (Å²) >= 11 is 0. The zero-order chi connectivity index (χ0) is 43.0. The van der Waals surface area contributed by atoms with Crippen molar-refractivity contribution in [3.05, 3.63) is 113 Å². The van der Waals surface area contributed by atoms with Crippen molar-refractivity contribution in [1.29, 1.82) is 0 Å². The van der Waals surface area contributed by atoms with Crippen molar-refractivity contribution in [2.75, 3.05) is 51.1 Å². The van der Waals surface area contributed by atoms with Crippen molar-refractivity contribution in [2.24, 2.45) is 13.0 Å². The van der Waals surface area contributed by atoms with Gasteiger partial charge in [0.15, 0.2) is 0 Å². The second kappa shape index (κ2) is 17.7. The first-order chi connectivity index (χ1) is 30.7. The maximum Gasteiger partial charge on any atom is 0.253 e. The number of benzene rings is 3. The molecule has 7 heterocycles. The third kappa shape index (κ3) is 8.73. The summed E-state index contributed by atoms with van der Waals surface area (Å²) in [6.07, 6.45) is 10.4. The molecule has 13 heteroatoms. The zero-order valence-corrected chi connectivity index (χ0v) is 36.0. The molecule has 3 aromatic heterocycles. The van der Waals surface area contributed by atoms with Gasteiger partial charge < -0.3 is 19.7 Å². The predicted octanol–water partition coefficient (Wildman–Crippen LogP) is 7.58. The van der Waals surface area contributed by atoms with Crippen LogP contribution in [0.4, 0.5) is 10.1 Å². The molecule has 0 bridgehead atoms. The molecule has 0 saturated carbocycles. The van der Waals surface area contributed by atoms with Crippen molar-refractivity contribution in [3.63, 3.8) is 0 Å². The van der Waals surface area contributed by atoms with Crippen molar-refractivity contribution in [1.82, 2.24) is 39.8 Å². The molecule has 4 fully saturated rings. The molecule has 12 nitrogen and oxygen atoms in total. The maximum atomic E-state index is 15.3. The number of pyridine rings is 1. The minimum atomic E-state index is -0.535. The maximum absolute atomic E-state index is 15.3. The number of rotatable bonds is 10. The third-order valence-corrected chi connectivity index (χ3v) is 14.4. The van der Waals surface area contributed by atoms with Gasteiger partial charge in [-0.1, -0.05) is 24.3 Å². The molecule has 63 heavy (non-hydrogen) atoms. The fraction of sp³-hybridized carbons (Fsp3) is 0.420. The number of aryl methyl sites for hydroxylation is 1. The van der Waals surface area contributed by atoms with Crippen LogP contribution in [0.2, 0.25) is 0 Å². The largest absolute Gasteiger partial charge is 0.374 e. The van der Waals surface area contributed by atoms with Gasteiger partial charge in [-0.25, -0.2) is 9.37 Å². The molecule has 6 aromatic rings. The number of likely N-dealkylation sites (tertiary alicyclic amines) is 3. The number of amides is 3. The van der Waals surface area contributed by atoms with E-state index in [-0.39, 0.29) is 35.9 Å². The highest BCUT2D eigenvalue weighted by molar-refractivity contribution is 6.01. The summed E-state index contributed by atoms with van der Waals surface area (Å²) in [7, 11) is 2.12. The Morgan fingerprint density at radius 3 is 2.35 bits per heavy atom. The molecular weight excluding hydrogens is 794 g/mol. The quantitative estimate of drug-likeness (QED) is 0.120. The molecule has 1 unspecified atom stereocenters. The molecule has 3 N–H and O–H groups in total. The van der Waals surface area contributed by atoms with Gasteiger partial charge in [-0.05, 0) is 160 Å². The Morgan fingerprint density at radius 1 is 0.825 bits per heavy atom. The molecule has 10 rings (SSSR count). The summed E-state index contributed by atoms with van der Waals surface area (Å²) in [6, 6.07) is 23.9. The molecule has 1 atom stereocenters. The van der Waals surface area contributed by atoms with Gasteiger partial charge in [0.05, 0.1) is 11.7 Å². The minimum absolute atomic E-state index is 0.130. The Morgan fingerprint density at radius 2 is 1.59 bits per heavy atom. The molecule has 326 valence electrons. The molecule has 0 spiro atoms. The Bertz CT molecular complexity index is 2630. The molecule has 4 aliphatic rings. The number of H-pyrrole nitrogens is 1. The van der Waals surface area contributed by atoms with E-state index in [0.717, 1.165) is 124 Å². The molecule has 0 aliphatic carbocycles. The first-order valence-electron chi connectivity index (χ1n) is 22.8. The highest BCUT2D eigenvalue weighted by Crippen LogP contribution is 2.35. The summed E-state index contributed by atoms with van der Waals surface area (Å²) in [6.45, 7) is 7.37. The lowest BCUT2D eigenvalue weighted by Gasteiger charge is -2.38. The van der Waals surface area contributed by atoms with Gasteiger partial charge in [0.1, 0.15) is 17.5 Å². The first-order valence-corrected chi connectivity index (χ1v) is 22.8. The topological polar surface area (TPSA) is 131 Å². The lowest BCUT2D eigenvalue weighted by atomic mass is 9.87. The highest BCUT2D eigenvalue weighted by Gasteiger charge is 2.30. The number of nitrogens with one attached hydrogen (secondary N) is 3. The second-order valence-electron chi connectivity index (χ2n) is 18.3. The first kappa shape index (κ1) is 41.1. The Labute approximate surface area is 367 Å². The van der Waals surface area contributed by atoms with Crippen LogP contribution in [0.3, 0.4) is 0 Å². The number of piperidine rings is 4. The standard InChI is InChI=1S/C50H56FN9O3/c1-57-40(28-43-41(12-19-52-48(43)57)37-6-9-45-38(26-37)29-53-56-45)31-59-20-15-34(16-21-59)33-2-4-36(5-3-33)50(63)60-24-13-32(14-25-60)30-58-22-17-35(18-23-58)42-8-7-39(27-44(42)51)54-46-10-11-47(61)55-49(46)62/h2-9,12,19,26-29,32,34-35,46,54H,10-11,13-18,20-25,30-31H2,1H3,(H,53,56)(H,55,61,62). The predicted molar refractivity (Wildman–Crippen MR) is 243 cm³/mol. The van der Waals surface area contributed by atoms with Crippen LogP contribution in [0.1, 0.15) is 90.4 Å². The number of imide groups is 1. The third-order valence-electron chi connectivity index (χ3n) is 14.4. The molecule has 3 aromatic carbocycles. The number of aromatic amines is 1. The number of aromatic nitrogens is 4. The smallest absolute Gasteiger partial charge is 0.253 e. The summed E-state index contributed by atoms with van der Waals surface area (Å²) in [4.78, 5) is 49.1. The van der Waals surface area contributed by atoms with E-state index in [2.05, 4.69) is 84.7 Å². The zero-order valence-electron chi connectivity index (χ0n) is 36.0. The van der Waals surface area contributed by atoms with Crippen LogP contribution < -0.4 is 10.6 Å². The van der Waals surface area contributed by atoms with E-state index in [0.29, 0.717) is 23.9 Å². The van der Waals surface area contributed by atoms with Crippen LogP contribution in [0.5, 0.6) is 0 Å². The summed E-state index contributed by atoms with van der Waals surface area (Å²) in [5.41, 5.74) is 9.03. The van der Waals surface area contributed by atoms with E-state index in [9.17, 15) is 14.4 Å². The molecule has 4 aliphatic heterocycles. The van der Waals surface area contributed by atoms with Gasteiger partial charge in [0, 0.05) is 73.6 Å². The molecule has 0 radical (unpaired) electrons. The SMILES string of the molecule is Cn1c(CN2CCC(c3ccc(C(=O)N4CCC(CN5CCC(c6ccc(NC7CCC(=O)NC7=O)cc6F)CC5)CC4)cc3)CC2)cc2c(-c3ccc4[nH]ncc4c3)ccnc21. The monoisotopic (exact) mass is 849 g/mol. The Kier molecular flexibility index (Phi) is 11.5. The number of carbonyl (C=O) groups is 3. The van der Waals surface area contributed by atoms with Crippen molar-refractivity contribution in [3.8, 4) is 11.1 Å². The van der Waals surface area contributed by atoms with Crippen LogP contribution in [-0.4, -0.2) is 104 Å². The lowest BCUT2D eigenvalue weighted by molar-refractivity contribution is -0.133. The minimum Gasteiger partial charge on any atom is -0.374 e. The summed E-state index contributed by atoms with van der Waals surface area (Å²) < 4.78 is 17.5. The number of carbonyl (C=O) groups excluding carboxylic acids is 3. The van der Waals surface area contributed by atoms with E-state index < -0.39 is 6.04 Å². The van der Waals surface area contributed by atoms with Gasteiger partial charge in [-0.3, -0.25) is 29.7 Å². The fourth-order valence-electron chi connectivity index (χ4n) is 10.6. The van der Waals surface area contributed by atoms with Crippen LogP contribution in [0.25, 0.3) is 33.1 Å². The second-order valence-corrected chi connectivity index (χ2v) is 18.3. The Hall–Kier alpha value is -5.92. The van der Waals surface area contributed by atoms with Gasteiger partial charge >= 0.3 is 0 Å². The van der Waals surface area contributed by atoms with Gasteiger partial charge in [-0.2, -0.15) is 5.10 Å². The van der Waals surface area contributed by atoms with E-state index in [1.54, 1.807) is 0 Å². The van der Waals surface area contributed by atoms with Crippen molar-refractivity contribution < 1.29 is 18.8 Å². The number of hydrogen-bond donors (Lipinski definition) is 3. The van der Waals surface area contributed by atoms with Crippen molar-refractivity contribution >= 4 is 45.3 Å². The van der Waals surface area contributed by atoms with Gasteiger partial charge in [0.2, 0.25) is 11.8 Å². The van der Waals surface area contributed by atoms with E-state index >= 15 is 4.39 Å². The number of halogens is 1. The molecular formula is C50H56FN9O3. The molecule has 3 amide bonds. The van der Waals surface area contributed by atoms with E-state index in [1.807, 2.05) is 41.6 Å². The fourth-order valence-corrected chi connectivity index (χ4v) is 10.6. The average molecular weight is 850 g/mol. The van der Waals surface area contributed by atoms with Gasteiger partial charge in [0.25, 0.3) is 5.91 Å². The van der Waals surface area contributed by atoms with E-state index in [1.165, 1.54) is 28.3 Å². The van der Waals surface area contributed by atoms with Crippen LogP contribution in [0, 0.1) is 11.7 Å². The van der Waals surface area contributed by atoms with Crippen LogP contribution >= 0.6 is 0 Å². The van der Waals surface area contributed by atoms with Crippen LogP contribution in [-0.2, 0) is 23.2 Å². The average Bonchev–Trinajstić information content (AvgIpc) is 3.91. The van der Waals surface area contributed by atoms with Crippen LogP contribution in [0.15, 0.2) is 85.2 Å². The molecule has 4 saturated heterocycles. The normalized spacial score (nSPS) is 20.2. The van der Waals surface area contributed by atoms with Crippen molar-refractivity contribution in [2.45, 2.75) is 75.8 Å². The van der Waals surface area contributed by atoms with E-state index in [4.69, 9.17) is 4.98 Å². The number of fused-ring (bicyclic) bond motifs is 2.